The van der Waals surface area contributed by atoms with E-state index >= 15 is 0 Å². The lowest BCUT2D eigenvalue weighted by Gasteiger charge is -2.36. The Morgan fingerprint density at radius 1 is 1.02 bits per heavy atom. The average molecular weight is 703 g/mol. The third-order valence-corrected chi connectivity index (χ3v) is 10.4. The van der Waals surface area contributed by atoms with Gasteiger partial charge in [-0.25, -0.2) is 0 Å². The molecule has 0 radical (unpaired) electrons. The summed E-state index contributed by atoms with van der Waals surface area (Å²) in [5.41, 5.74) is 7.27. The summed E-state index contributed by atoms with van der Waals surface area (Å²) in [6.45, 7) is 2.84. The van der Waals surface area contributed by atoms with E-state index < -0.39 is 5.97 Å². The van der Waals surface area contributed by atoms with E-state index in [1.54, 1.807) is 25.6 Å². The number of methoxy groups -OCH3 is 1. The number of aliphatic carboxylic acids is 1. The van der Waals surface area contributed by atoms with Gasteiger partial charge in [-0.1, -0.05) is 59.6 Å². The number of carbonyl (C=O) groups is 2. The molecule has 1 aliphatic heterocycles. The first-order valence-electron chi connectivity index (χ1n) is 16.6. The van der Waals surface area contributed by atoms with Crippen LogP contribution in [0.5, 0.6) is 11.8 Å². The predicted octanol–water partition coefficient (Wildman–Crippen LogP) is 6.56. The van der Waals surface area contributed by atoms with Gasteiger partial charge in [-0.05, 0) is 54.5 Å². The third kappa shape index (κ3) is 7.14. The molecule has 0 unspecified atom stereocenters. The quantitative estimate of drug-likeness (QED) is 0.168. The van der Waals surface area contributed by atoms with E-state index in [-0.39, 0.29) is 12.0 Å². The molecular formula is C37H37Cl2N5O5. The highest BCUT2D eigenvalue weighted by molar-refractivity contribution is 6.36. The average Bonchev–Trinajstić information content (AvgIpc) is 3.69. The lowest BCUT2D eigenvalue weighted by Crippen LogP contribution is -2.49. The topological polar surface area (TPSA) is 127 Å². The summed E-state index contributed by atoms with van der Waals surface area (Å²) in [6, 6.07) is 13.9. The predicted molar refractivity (Wildman–Crippen MR) is 186 cm³/mol. The summed E-state index contributed by atoms with van der Waals surface area (Å²) in [5.74, 6) is 0.331. The van der Waals surface area contributed by atoms with Crippen molar-refractivity contribution in [2.75, 3.05) is 26.7 Å². The molecular weight excluding hydrogens is 665 g/mol. The monoisotopic (exact) mass is 701 g/mol. The summed E-state index contributed by atoms with van der Waals surface area (Å²) >= 11 is 13.8. The molecule has 12 heteroatoms. The smallest absolute Gasteiger partial charge is 0.309 e. The highest BCUT2D eigenvalue weighted by Gasteiger charge is 2.34. The first-order valence-corrected chi connectivity index (χ1v) is 17.3. The number of hydrogen-bond acceptors (Lipinski definition) is 9. The molecule has 254 valence electrons. The van der Waals surface area contributed by atoms with Crippen LogP contribution in [0.15, 0.2) is 54.9 Å². The van der Waals surface area contributed by atoms with E-state index in [0.717, 1.165) is 64.9 Å². The van der Waals surface area contributed by atoms with Crippen molar-refractivity contribution < 1.29 is 24.2 Å². The molecule has 0 bridgehead atoms. The van der Waals surface area contributed by atoms with E-state index in [9.17, 15) is 14.7 Å². The maximum atomic E-state index is 11.5. The van der Waals surface area contributed by atoms with Crippen LogP contribution in [0.1, 0.15) is 54.2 Å². The lowest BCUT2D eigenvalue weighted by molar-refractivity contribution is -0.147. The fraction of sp³-hybridized carbons (Fsp3) is 0.378. The number of hydrogen-bond donors (Lipinski definition) is 2. The van der Waals surface area contributed by atoms with E-state index in [4.69, 9.17) is 32.7 Å². The molecule has 0 amide bonds. The molecule has 1 saturated carbocycles. The van der Waals surface area contributed by atoms with Crippen LogP contribution < -0.4 is 14.8 Å². The standard InChI is InChI=1S/C37H37Cl2N5O5/c1-48-35-22(18-44-19-23(20-44)37(46)47)13-31(38)36(43-35)49-33-11-10-27-26(4-2-5-28(27)33)29-6-3-7-30(34(29)39)32-17-41-24(16-42-32)15-40-14-21-8-9-25(45)12-21/h2-7,13,16-17,21,23,33,40H,8-12,14-15,18-20H2,1H3,(H,46,47)/t21-,33+/m1/s1. The molecule has 0 spiro atoms. The highest BCUT2D eigenvalue weighted by Crippen LogP contribution is 2.44. The molecule has 10 nitrogen and oxygen atoms in total. The van der Waals surface area contributed by atoms with Crippen LogP contribution in [0, 0.1) is 11.8 Å². The summed E-state index contributed by atoms with van der Waals surface area (Å²) in [7, 11) is 1.55. The van der Waals surface area contributed by atoms with Crippen molar-refractivity contribution in [3.63, 3.8) is 0 Å². The number of ether oxygens (including phenoxy) is 2. The van der Waals surface area contributed by atoms with Crippen LogP contribution in [-0.2, 0) is 29.1 Å². The Kier molecular flexibility index (Phi) is 9.82. The number of pyridine rings is 1. The van der Waals surface area contributed by atoms with Crippen LogP contribution in [-0.4, -0.2) is 63.5 Å². The Morgan fingerprint density at radius 2 is 1.82 bits per heavy atom. The van der Waals surface area contributed by atoms with Crippen LogP contribution >= 0.6 is 23.2 Å². The number of likely N-dealkylation sites (tertiary alicyclic amines) is 1. The lowest BCUT2D eigenvalue weighted by atomic mass is 9.95. The largest absolute Gasteiger partial charge is 0.481 e. The maximum Gasteiger partial charge on any atom is 0.309 e. The van der Waals surface area contributed by atoms with Gasteiger partial charge in [-0.3, -0.25) is 24.5 Å². The Bertz CT molecular complexity index is 1880. The second-order valence-corrected chi connectivity index (χ2v) is 13.8. The highest BCUT2D eigenvalue weighted by atomic mass is 35.5. The molecule has 3 aliphatic rings. The van der Waals surface area contributed by atoms with Crippen molar-refractivity contribution in [3.05, 3.63) is 87.3 Å². The van der Waals surface area contributed by atoms with Gasteiger partial charge < -0.3 is 19.9 Å². The van der Waals surface area contributed by atoms with E-state index in [1.165, 1.54) is 0 Å². The van der Waals surface area contributed by atoms with Crippen LogP contribution in [0.25, 0.3) is 22.4 Å². The number of carboxylic acids is 1. The van der Waals surface area contributed by atoms with Crippen LogP contribution in [0.3, 0.4) is 0 Å². The zero-order valence-electron chi connectivity index (χ0n) is 27.1. The van der Waals surface area contributed by atoms with Crippen molar-refractivity contribution in [1.29, 1.82) is 0 Å². The molecule has 2 aromatic carbocycles. The zero-order valence-corrected chi connectivity index (χ0v) is 28.6. The Morgan fingerprint density at radius 3 is 2.55 bits per heavy atom. The SMILES string of the molecule is COc1nc(O[C@H]2CCc3c(-c4cccc(-c5cnc(CNC[C@@H]6CCC(=O)C6)cn5)c4Cl)cccc32)c(Cl)cc1CN1CC(C(=O)O)C1. The molecule has 1 saturated heterocycles. The Hall–Kier alpha value is -4.09. The molecule has 2 N–H and O–H groups in total. The van der Waals surface area contributed by atoms with Gasteiger partial charge in [0.05, 0.1) is 41.8 Å². The van der Waals surface area contributed by atoms with Crippen molar-refractivity contribution in [3.8, 4) is 34.1 Å². The van der Waals surface area contributed by atoms with Crippen molar-refractivity contribution >= 4 is 35.0 Å². The van der Waals surface area contributed by atoms with Gasteiger partial charge in [0.2, 0.25) is 11.8 Å². The molecule has 4 aromatic rings. The van der Waals surface area contributed by atoms with E-state index in [1.807, 2.05) is 29.2 Å². The van der Waals surface area contributed by atoms with Gasteiger partial charge in [0.1, 0.15) is 16.9 Å². The molecule has 7 rings (SSSR count). The number of carboxylic acid groups (broad SMARTS) is 1. The number of aromatic nitrogens is 3. The molecule has 2 aliphatic carbocycles. The number of nitrogens with one attached hydrogen (secondary N) is 1. The first-order chi connectivity index (χ1) is 23.8. The summed E-state index contributed by atoms with van der Waals surface area (Å²) < 4.78 is 12.0. The van der Waals surface area contributed by atoms with Gasteiger partial charge >= 0.3 is 5.97 Å². The summed E-state index contributed by atoms with van der Waals surface area (Å²) in [6.07, 6.45) is 7.12. The second kappa shape index (κ2) is 14.4. The van der Waals surface area contributed by atoms with Crippen molar-refractivity contribution in [2.24, 2.45) is 11.8 Å². The number of benzene rings is 2. The van der Waals surface area contributed by atoms with Crippen molar-refractivity contribution in [2.45, 2.75) is 51.3 Å². The number of nitrogens with zero attached hydrogens (tertiary/aromatic N) is 4. The van der Waals surface area contributed by atoms with E-state index in [0.29, 0.717) is 78.2 Å². The number of halogens is 2. The van der Waals surface area contributed by atoms with Gasteiger partial charge in [0.15, 0.2) is 0 Å². The maximum absolute atomic E-state index is 11.5. The summed E-state index contributed by atoms with van der Waals surface area (Å²) in [4.78, 5) is 38.7. The first kappa shape index (κ1) is 33.4. The number of Topliss-reactive ketones (excluding diaryl/α,β-unsaturated/α-hetero) is 1. The second-order valence-electron chi connectivity index (χ2n) is 13.0. The minimum Gasteiger partial charge on any atom is -0.481 e. The minimum atomic E-state index is -0.780. The molecule has 2 aromatic heterocycles. The Labute approximate surface area is 294 Å². The number of ketones is 1. The van der Waals surface area contributed by atoms with Gasteiger partial charge in [0.25, 0.3) is 0 Å². The number of carbonyl (C=O) groups excluding carboxylic acids is 1. The van der Waals surface area contributed by atoms with E-state index in [2.05, 4.69) is 32.4 Å². The molecule has 2 fully saturated rings. The van der Waals surface area contributed by atoms with Gasteiger partial charge in [-0.2, -0.15) is 4.98 Å². The Balaban J connectivity index is 1.05. The third-order valence-electron chi connectivity index (χ3n) is 9.70. The molecule has 3 heterocycles. The normalized spacial score (nSPS) is 19.1. The fourth-order valence-electron chi connectivity index (χ4n) is 7.08. The summed E-state index contributed by atoms with van der Waals surface area (Å²) in [5, 5.41) is 13.6. The zero-order chi connectivity index (χ0) is 34.1. The van der Waals surface area contributed by atoms with Crippen LogP contribution in [0.2, 0.25) is 10.0 Å². The number of rotatable bonds is 12. The van der Waals surface area contributed by atoms with Crippen LogP contribution in [0.4, 0.5) is 0 Å². The molecule has 49 heavy (non-hydrogen) atoms. The van der Waals surface area contributed by atoms with Crippen molar-refractivity contribution in [1.82, 2.24) is 25.2 Å². The van der Waals surface area contributed by atoms with Gasteiger partial charge in [0, 0.05) is 55.7 Å². The molecule has 2 atom stereocenters. The minimum absolute atomic E-state index is 0.259. The fourth-order valence-corrected chi connectivity index (χ4v) is 7.62. The number of fused-ring (bicyclic) bond motifs is 1. The van der Waals surface area contributed by atoms with Gasteiger partial charge in [-0.15, -0.1) is 0 Å².